The van der Waals surface area contributed by atoms with Gasteiger partial charge in [0.25, 0.3) is 12.1 Å². The zero-order valence-corrected chi connectivity index (χ0v) is 10.5. The van der Waals surface area contributed by atoms with Gasteiger partial charge in [0.1, 0.15) is 0 Å². The molecule has 0 radical (unpaired) electrons. The van der Waals surface area contributed by atoms with Crippen molar-refractivity contribution in [1.29, 1.82) is 0 Å². The predicted molar refractivity (Wildman–Crippen MR) is 67.8 cm³/mol. The van der Waals surface area contributed by atoms with Gasteiger partial charge >= 0.3 is 6.03 Å². The minimum absolute atomic E-state index is 0.102. The van der Waals surface area contributed by atoms with E-state index in [0.29, 0.717) is 5.69 Å². The van der Waals surface area contributed by atoms with E-state index in [1.54, 1.807) is 0 Å². The molecule has 6 nitrogen and oxygen atoms in total. The van der Waals surface area contributed by atoms with Gasteiger partial charge in [0, 0.05) is 23.9 Å². The zero-order chi connectivity index (χ0) is 14.7. The maximum atomic E-state index is 12.4. The average molecular weight is 285 g/mol. The summed E-state index contributed by atoms with van der Waals surface area (Å²) in [6, 6.07) is 4.46. The van der Waals surface area contributed by atoms with Crippen molar-refractivity contribution in [1.82, 2.24) is 4.90 Å². The molecule has 0 unspecified atom stereocenters. The van der Waals surface area contributed by atoms with E-state index in [0.717, 1.165) is 17.7 Å². The number of non-ortho nitro benzene ring substituents is 1. The molecule has 1 aliphatic carbocycles. The molecule has 0 spiro atoms. The van der Waals surface area contributed by atoms with Crippen LogP contribution in [0.3, 0.4) is 0 Å². The van der Waals surface area contributed by atoms with E-state index >= 15 is 0 Å². The highest BCUT2D eigenvalue weighted by molar-refractivity contribution is 5.89. The van der Waals surface area contributed by atoms with Gasteiger partial charge in [-0.25, -0.2) is 13.6 Å². The van der Waals surface area contributed by atoms with Crippen molar-refractivity contribution in [3.05, 3.63) is 34.4 Å². The predicted octanol–water partition coefficient (Wildman–Crippen LogP) is 2.86. The lowest BCUT2D eigenvalue weighted by atomic mass is 10.3. The van der Waals surface area contributed by atoms with Gasteiger partial charge in [-0.05, 0) is 25.0 Å². The number of hydrogen-bond donors (Lipinski definition) is 1. The summed E-state index contributed by atoms with van der Waals surface area (Å²) in [5, 5.41) is 13.0. The van der Waals surface area contributed by atoms with E-state index < -0.39 is 23.9 Å². The van der Waals surface area contributed by atoms with Crippen LogP contribution < -0.4 is 5.32 Å². The number of carbonyl (C=O) groups is 1. The van der Waals surface area contributed by atoms with Crippen LogP contribution in [-0.4, -0.2) is 34.9 Å². The van der Waals surface area contributed by atoms with Crippen LogP contribution >= 0.6 is 0 Å². The van der Waals surface area contributed by atoms with Crippen LogP contribution in [0.25, 0.3) is 0 Å². The Morgan fingerprint density at radius 1 is 1.40 bits per heavy atom. The summed E-state index contributed by atoms with van der Waals surface area (Å²) in [4.78, 5) is 22.9. The Balaban J connectivity index is 2.00. The first-order valence-electron chi connectivity index (χ1n) is 6.07. The Morgan fingerprint density at radius 3 is 2.45 bits per heavy atom. The first kappa shape index (κ1) is 14.2. The van der Waals surface area contributed by atoms with Crippen molar-refractivity contribution in [2.45, 2.75) is 25.3 Å². The molecule has 108 valence electrons. The van der Waals surface area contributed by atoms with E-state index in [9.17, 15) is 23.7 Å². The van der Waals surface area contributed by atoms with Crippen LogP contribution in [0.15, 0.2) is 24.3 Å². The minimum atomic E-state index is -2.58. The number of hydrogen-bond acceptors (Lipinski definition) is 3. The molecule has 1 saturated carbocycles. The number of alkyl halides is 2. The molecule has 0 atom stereocenters. The van der Waals surface area contributed by atoms with Gasteiger partial charge in [-0.2, -0.15) is 0 Å². The number of amides is 2. The molecule has 2 rings (SSSR count). The second-order valence-corrected chi connectivity index (χ2v) is 4.51. The number of halogens is 2. The van der Waals surface area contributed by atoms with Gasteiger partial charge < -0.3 is 10.2 Å². The second-order valence-electron chi connectivity index (χ2n) is 4.51. The number of nitrogens with one attached hydrogen (secondary N) is 1. The van der Waals surface area contributed by atoms with Crippen molar-refractivity contribution in [3.63, 3.8) is 0 Å². The molecule has 0 saturated heterocycles. The highest BCUT2D eigenvalue weighted by Crippen LogP contribution is 2.28. The van der Waals surface area contributed by atoms with Crippen molar-refractivity contribution in [2.24, 2.45) is 0 Å². The fourth-order valence-electron chi connectivity index (χ4n) is 1.79. The number of urea groups is 1. The standard InChI is InChI=1S/C12H13F2N3O3/c13-11(14)7-16(9-5-6-9)12(18)15-8-1-3-10(4-2-8)17(19)20/h1-4,9,11H,5-7H2,(H,15,18). The van der Waals surface area contributed by atoms with Gasteiger partial charge in [-0.15, -0.1) is 0 Å². The van der Waals surface area contributed by atoms with Crippen LogP contribution in [0.1, 0.15) is 12.8 Å². The van der Waals surface area contributed by atoms with Gasteiger partial charge in [0.05, 0.1) is 11.5 Å². The van der Waals surface area contributed by atoms with Gasteiger partial charge in [-0.3, -0.25) is 10.1 Å². The number of benzene rings is 1. The number of rotatable bonds is 5. The van der Waals surface area contributed by atoms with E-state index in [1.165, 1.54) is 24.3 Å². The van der Waals surface area contributed by atoms with Crippen molar-refractivity contribution < 1.29 is 18.5 Å². The summed E-state index contributed by atoms with van der Waals surface area (Å²) in [6.07, 6.45) is -1.14. The third-order valence-electron chi connectivity index (χ3n) is 2.91. The third-order valence-corrected chi connectivity index (χ3v) is 2.91. The average Bonchev–Trinajstić information content (AvgIpc) is 3.20. The number of anilines is 1. The van der Waals surface area contributed by atoms with Gasteiger partial charge in [0.15, 0.2) is 0 Å². The number of nitro benzene ring substituents is 1. The summed E-state index contributed by atoms with van der Waals surface area (Å²) in [6.45, 7) is -0.608. The van der Waals surface area contributed by atoms with Crippen LogP contribution in [0.5, 0.6) is 0 Å². The molecular formula is C12H13F2N3O3. The molecule has 1 aromatic rings. The maximum Gasteiger partial charge on any atom is 0.322 e. The summed E-state index contributed by atoms with van der Waals surface area (Å²) >= 11 is 0. The smallest absolute Gasteiger partial charge is 0.316 e. The molecule has 1 N–H and O–H groups in total. The molecule has 0 aromatic heterocycles. The van der Waals surface area contributed by atoms with E-state index in [4.69, 9.17) is 0 Å². The summed E-state index contributed by atoms with van der Waals surface area (Å²) in [5.41, 5.74) is 0.232. The molecule has 20 heavy (non-hydrogen) atoms. The van der Waals surface area contributed by atoms with Crippen LogP contribution in [0.2, 0.25) is 0 Å². The molecular weight excluding hydrogens is 272 g/mol. The molecule has 2 amide bonds. The van der Waals surface area contributed by atoms with Crippen molar-refractivity contribution in [3.8, 4) is 0 Å². The second kappa shape index (κ2) is 5.81. The van der Waals surface area contributed by atoms with Crippen molar-refractivity contribution >= 4 is 17.4 Å². The highest BCUT2D eigenvalue weighted by Gasteiger charge is 2.34. The number of carbonyl (C=O) groups excluding carboxylic acids is 1. The Bertz CT molecular complexity index is 503. The lowest BCUT2D eigenvalue weighted by Crippen LogP contribution is -2.39. The monoisotopic (exact) mass is 285 g/mol. The Morgan fingerprint density at radius 2 is 2.00 bits per heavy atom. The minimum Gasteiger partial charge on any atom is -0.316 e. The Labute approximate surface area is 113 Å². The Hall–Kier alpha value is -2.25. The van der Waals surface area contributed by atoms with Crippen LogP contribution in [0.4, 0.5) is 25.0 Å². The largest absolute Gasteiger partial charge is 0.322 e. The molecule has 8 heteroatoms. The first-order valence-corrected chi connectivity index (χ1v) is 6.07. The topological polar surface area (TPSA) is 75.5 Å². The van der Waals surface area contributed by atoms with Crippen LogP contribution in [-0.2, 0) is 0 Å². The lowest BCUT2D eigenvalue weighted by Gasteiger charge is -2.22. The SMILES string of the molecule is O=C(Nc1ccc([N+](=O)[O-])cc1)N(CC(F)F)C1CC1. The molecule has 0 bridgehead atoms. The molecule has 1 aromatic carbocycles. The maximum absolute atomic E-state index is 12.4. The van der Waals surface area contributed by atoms with E-state index in [-0.39, 0.29) is 11.7 Å². The van der Waals surface area contributed by atoms with E-state index in [1.807, 2.05) is 0 Å². The number of nitro groups is 1. The van der Waals surface area contributed by atoms with Gasteiger partial charge in [0.2, 0.25) is 0 Å². The molecule has 0 aliphatic heterocycles. The summed E-state index contributed by atoms with van der Waals surface area (Å²) < 4.78 is 24.8. The normalized spacial score (nSPS) is 14.2. The fraction of sp³-hybridized carbons (Fsp3) is 0.417. The third kappa shape index (κ3) is 3.62. The van der Waals surface area contributed by atoms with Gasteiger partial charge in [-0.1, -0.05) is 0 Å². The highest BCUT2D eigenvalue weighted by atomic mass is 19.3. The summed E-state index contributed by atoms with van der Waals surface area (Å²) in [5.74, 6) is 0. The first-order chi connectivity index (χ1) is 9.47. The zero-order valence-electron chi connectivity index (χ0n) is 10.5. The summed E-state index contributed by atoms with van der Waals surface area (Å²) in [7, 11) is 0. The van der Waals surface area contributed by atoms with E-state index in [2.05, 4.69) is 5.32 Å². The quantitative estimate of drug-likeness (QED) is 0.667. The molecule has 0 heterocycles. The van der Waals surface area contributed by atoms with Crippen molar-refractivity contribution in [2.75, 3.05) is 11.9 Å². The number of nitrogens with zero attached hydrogens (tertiary/aromatic N) is 2. The molecule has 1 fully saturated rings. The molecule has 1 aliphatic rings. The lowest BCUT2D eigenvalue weighted by molar-refractivity contribution is -0.384. The Kier molecular flexibility index (Phi) is 4.11. The van der Waals surface area contributed by atoms with Crippen LogP contribution in [0, 0.1) is 10.1 Å². The fourth-order valence-corrected chi connectivity index (χ4v) is 1.79.